The van der Waals surface area contributed by atoms with Crippen LogP contribution in [0.4, 0.5) is 0 Å². The summed E-state index contributed by atoms with van der Waals surface area (Å²) in [5.74, 6) is 3.15. The maximum absolute atomic E-state index is 5.85. The van der Waals surface area contributed by atoms with Crippen LogP contribution >= 0.6 is 11.8 Å². The van der Waals surface area contributed by atoms with Gasteiger partial charge >= 0.3 is 0 Å². The van der Waals surface area contributed by atoms with E-state index in [1.165, 1.54) is 17.3 Å². The van der Waals surface area contributed by atoms with E-state index in [9.17, 15) is 0 Å². The number of benzene rings is 2. The first-order chi connectivity index (χ1) is 16.5. The third kappa shape index (κ3) is 4.82. The molecule has 0 spiro atoms. The van der Waals surface area contributed by atoms with E-state index in [0.717, 1.165) is 27.9 Å². The number of rotatable bonds is 7. The van der Waals surface area contributed by atoms with Crippen molar-refractivity contribution in [1.82, 2.24) is 25.0 Å². The molecule has 8 heteroatoms. The first kappa shape index (κ1) is 22.2. The number of hydrogen-bond donors (Lipinski definition) is 0. The van der Waals surface area contributed by atoms with Gasteiger partial charge in [-0.3, -0.25) is 4.57 Å². The van der Waals surface area contributed by atoms with Gasteiger partial charge in [0.1, 0.15) is 5.76 Å². The van der Waals surface area contributed by atoms with Crippen molar-refractivity contribution in [1.29, 1.82) is 0 Å². The molecule has 0 saturated carbocycles. The summed E-state index contributed by atoms with van der Waals surface area (Å²) in [6.45, 7) is 7.14. The molecule has 0 unspecified atom stereocenters. The van der Waals surface area contributed by atoms with Gasteiger partial charge < -0.3 is 8.83 Å². The van der Waals surface area contributed by atoms with Crippen molar-refractivity contribution in [2.45, 2.75) is 43.6 Å². The van der Waals surface area contributed by atoms with Crippen molar-refractivity contribution in [2.75, 3.05) is 0 Å². The summed E-state index contributed by atoms with van der Waals surface area (Å²) in [6.07, 6.45) is 1.67. The Labute approximate surface area is 202 Å². The monoisotopic (exact) mass is 471 g/mol. The summed E-state index contributed by atoms with van der Waals surface area (Å²) in [6, 6.07) is 22.1. The van der Waals surface area contributed by atoms with Crippen molar-refractivity contribution < 1.29 is 8.83 Å². The lowest BCUT2D eigenvalue weighted by Gasteiger charge is -2.19. The Morgan fingerprint density at radius 3 is 2.32 bits per heavy atom. The van der Waals surface area contributed by atoms with Gasteiger partial charge in [0.25, 0.3) is 0 Å². The molecule has 0 N–H and O–H groups in total. The van der Waals surface area contributed by atoms with Gasteiger partial charge in [-0.15, -0.1) is 20.4 Å². The van der Waals surface area contributed by atoms with E-state index in [1.807, 2.05) is 42.5 Å². The van der Waals surface area contributed by atoms with Gasteiger partial charge in [0.15, 0.2) is 11.0 Å². The summed E-state index contributed by atoms with van der Waals surface area (Å²) in [5.41, 5.74) is 3.26. The normalized spacial score (nSPS) is 11.7. The van der Waals surface area contributed by atoms with Crippen LogP contribution in [0.3, 0.4) is 0 Å². The maximum atomic E-state index is 5.85. The maximum Gasteiger partial charge on any atom is 0.247 e. The fraction of sp³-hybridized carbons (Fsp3) is 0.231. The van der Waals surface area contributed by atoms with Gasteiger partial charge in [0, 0.05) is 11.1 Å². The van der Waals surface area contributed by atoms with Gasteiger partial charge in [-0.25, -0.2) is 0 Å². The Morgan fingerprint density at radius 2 is 1.62 bits per heavy atom. The second-order valence-corrected chi connectivity index (χ2v) is 9.90. The van der Waals surface area contributed by atoms with E-state index >= 15 is 0 Å². The fourth-order valence-corrected chi connectivity index (χ4v) is 4.34. The standard InChI is InChI=1S/C26H25N5O2S/c1-26(2,3)20-13-11-18(12-14-20)23-28-30-25(31(23)16-21-10-7-15-32-21)34-17-22-27-29-24(33-22)19-8-5-4-6-9-19/h4-15H,16-17H2,1-3H3. The van der Waals surface area contributed by atoms with Crippen molar-refractivity contribution in [2.24, 2.45) is 0 Å². The highest BCUT2D eigenvalue weighted by atomic mass is 32.2. The zero-order valence-corrected chi connectivity index (χ0v) is 20.1. The molecule has 5 aromatic rings. The van der Waals surface area contributed by atoms with E-state index in [-0.39, 0.29) is 5.41 Å². The largest absolute Gasteiger partial charge is 0.467 e. The molecule has 3 heterocycles. The zero-order chi connectivity index (χ0) is 23.5. The van der Waals surface area contributed by atoms with E-state index < -0.39 is 0 Å². The molecule has 0 atom stereocenters. The summed E-state index contributed by atoms with van der Waals surface area (Å²) in [5, 5.41) is 18.1. The predicted octanol–water partition coefficient (Wildman–Crippen LogP) is 6.23. The van der Waals surface area contributed by atoms with Crippen LogP contribution in [0.25, 0.3) is 22.8 Å². The highest BCUT2D eigenvalue weighted by Gasteiger charge is 2.19. The number of nitrogens with zero attached hydrogens (tertiary/aromatic N) is 5. The average Bonchev–Trinajstić information content (AvgIpc) is 3.60. The van der Waals surface area contributed by atoms with Crippen LogP contribution in [0.2, 0.25) is 0 Å². The van der Waals surface area contributed by atoms with Crippen molar-refractivity contribution in [3.05, 3.63) is 90.2 Å². The molecule has 172 valence electrons. The Bertz CT molecular complexity index is 1350. The van der Waals surface area contributed by atoms with Crippen LogP contribution < -0.4 is 0 Å². The molecule has 5 rings (SSSR count). The van der Waals surface area contributed by atoms with Crippen LogP contribution in [0.5, 0.6) is 0 Å². The summed E-state index contributed by atoms with van der Waals surface area (Å²) >= 11 is 1.50. The van der Waals surface area contributed by atoms with Crippen LogP contribution in [0.1, 0.15) is 38.0 Å². The van der Waals surface area contributed by atoms with Gasteiger partial charge in [0.2, 0.25) is 11.8 Å². The number of aromatic nitrogens is 5. The topological polar surface area (TPSA) is 82.8 Å². The molecule has 0 fully saturated rings. The van der Waals surface area contributed by atoms with Gasteiger partial charge in [-0.1, -0.05) is 75.0 Å². The summed E-state index contributed by atoms with van der Waals surface area (Å²) < 4.78 is 13.5. The number of furan rings is 1. The van der Waals surface area contributed by atoms with E-state index in [1.54, 1.807) is 6.26 Å². The van der Waals surface area contributed by atoms with Crippen molar-refractivity contribution in [3.8, 4) is 22.8 Å². The smallest absolute Gasteiger partial charge is 0.247 e. The molecule has 0 radical (unpaired) electrons. The minimum atomic E-state index is 0.0874. The molecule has 2 aromatic carbocycles. The lowest BCUT2D eigenvalue weighted by atomic mass is 9.87. The fourth-order valence-electron chi connectivity index (χ4n) is 3.56. The van der Waals surface area contributed by atoms with Gasteiger partial charge in [-0.2, -0.15) is 0 Å². The molecule has 0 saturated heterocycles. The second kappa shape index (κ2) is 9.30. The Morgan fingerprint density at radius 1 is 0.824 bits per heavy atom. The van der Waals surface area contributed by atoms with Crippen LogP contribution in [-0.4, -0.2) is 25.0 Å². The quantitative estimate of drug-likeness (QED) is 0.260. The minimum Gasteiger partial charge on any atom is -0.467 e. The third-order valence-electron chi connectivity index (χ3n) is 5.43. The van der Waals surface area contributed by atoms with Crippen LogP contribution in [0, 0.1) is 0 Å². The van der Waals surface area contributed by atoms with Crippen molar-refractivity contribution in [3.63, 3.8) is 0 Å². The Balaban J connectivity index is 1.40. The zero-order valence-electron chi connectivity index (χ0n) is 19.3. The predicted molar refractivity (Wildman–Crippen MR) is 131 cm³/mol. The molecule has 0 amide bonds. The van der Waals surface area contributed by atoms with E-state index in [2.05, 4.69) is 70.0 Å². The van der Waals surface area contributed by atoms with Gasteiger partial charge in [-0.05, 0) is 35.2 Å². The highest BCUT2D eigenvalue weighted by Crippen LogP contribution is 2.30. The Hall–Kier alpha value is -3.65. The molecule has 0 bridgehead atoms. The molecule has 0 aliphatic carbocycles. The highest BCUT2D eigenvalue weighted by molar-refractivity contribution is 7.98. The summed E-state index contributed by atoms with van der Waals surface area (Å²) in [4.78, 5) is 0. The molecular weight excluding hydrogens is 446 g/mol. The SMILES string of the molecule is CC(C)(C)c1ccc(-c2nnc(SCc3nnc(-c4ccccc4)o3)n2Cc2ccco2)cc1. The lowest BCUT2D eigenvalue weighted by Crippen LogP contribution is -2.10. The molecule has 34 heavy (non-hydrogen) atoms. The summed E-state index contributed by atoms with van der Waals surface area (Å²) in [7, 11) is 0. The second-order valence-electron chi connectivity index (χ2n) is 8.95. The third-order valence-corrected chi connectivity index (χ3v) is 6.38. The van der Waals surface area contributed by atoms with Crippen LogP contribution in [-0.2, 0) is 17.7 Å². The molecule has 0 aliphatic rings. The first-order valence-corrected chi connectivity index (χ1v) is 12.0. The molecule has 7 nitrogen and oxygen atoms in total. The average molecular weight is 472 g/mol. The van der Waals surface area contributed by atoms with E-state index in [0.29, 0.717) is 24.1 Å². The molecule has 0 aliphatic heterocycles. The van der Waals surface area contributed by atoms with Crippen molar-refractivity contribution >= 4 is 11.8 Å². The van der Waals surface area contributed by atoms with E-state index in [4.69, 9.17) is 8.83 Å². The minimum absolute atomic E-state index is 0.0874. The lowest BCUT2D eigenvalue weighted by molar-refractivity contribution is 0.485. The van der Waals surface area contributed by atoms with Gasteiger partial charge in [0.05, 0.1) is 18.6 Å². The number of thioether (sulfide) groups is 1. The van der Waals surface area contributed by atoms with Crippen LogP contribution in [0.15, 0.2) is 87.0 Å². The molecule has 3 aromatic heterocycles. The number of hydrogen-bond acceptors (Lipinski definition) is 7. The first-order valence-electron chi connectivity index (χ1n) is 11.0. The Kier molecular flexibility index (Phi) is 6.06. The molecular formula is C26H25N5O2S.